The van der Waals surface area contributed by atoms with E-state index in [1.54, 1.807) is 0 Å². The Labute approximate surface area is 198 Å². The van der Waals surface area contributed by atoms with Crippen LogP contribution in [0.1, 0.15) is 39.1 Å². The Morgan fingerprint density at radius 3 is 2.57 bits per heavy atom. The molecule has 0 bridgehead atoms. The Bertz CT molecular complexity index is 1020. The maximum atomic E-state index is 14.5. The molecule has 0 saturated carbocycles. The highest BCUT2D eigenvalue weighted by Crippen LogP contribution is 2.44. The maximum absolute atomic E-state index is 14.5. The van der Waals surface area contributed by atoms with Crippen molar-refractivity contribution in [2.45, 2.75) is 63.5 Å². The summed E-state index contributed by atoms with van der Waals surface area (Å²) >= 11 is 0. The molecule has 16 heteroatoms. The van der Waals surface area contributed by atoms with Crippen molar-refractivity contribution in [1.82, 2.24) is 14.9 Å². The summed E-state index contributed by atoms with van der Waals surface area (Å²) in [7, 11) is -5.02. The van der Waals surface area contributed by atoms with Crippen molar-refractivity contribution in [1.29, 1.82) is 0 Å². The molecule has 13 nitrogen and oxygen atoms in total. The van der Waals surface area contributed by atoms with Crippen LogP contribution in [0, 0.1) is 0 Å². The smallest absolute Gasteiger partial charge is 0.458 e. The molecule has 0 aliphatic carbocycles. The third-order valence-electron chi connectivity index (χ3n) is 4.68. The number of Topliss-reactive ketones (excluding diaryl/α,β-unsaturated/α-hetero) is 1. The van der Waals surface area contributed by atoms with Crippen LogP contribution in [0.3, 0.4) is 0 Å². The fraction of sp³-hybridized carbons (Fsp3) is 0.684. The lowest BCUT2D eigenvalue weighted by Gasteiger charge is -2.21. The van der Waals surface area contributed by atoms with Crippen molar-refractivity contribution >= 4 is 19.6 Å². The minimum absolute atomic E-state index is 0.0422. The first-order chi connectivity index (χ1) is 16.0. The quantitative estimate of drug-likeness (QED) is 0.217. The molecule has 1 aliphatic heterocycles. The number of halogens is 2. The second-order valence-electron chi connectivity index (χ2n) is 8.84. The lowest BCUT2D eigenvalue weighted by molar-refractivity contribution is -0.147. The van der Waals surface area contributed by atoms with Crippen molar-refractivity contribution in [3.8, 4) is 0 Å². The Morgan fingerprint density at radius 1 is 1.34 bits per heavy atom. The number of esters is 1. The molecule has 0 unspecified atom stereocenters. The zero-order valence-electron chi connectivity index (χ0n) is 19.2. The van der Waals surface area contributed by atoms with Gasteiger partial charge in [0.15, 0.2) is 11.9 Å². The van der Waals surface area contributed by atoms with Crippen LogP contribution in [0.5, 0.6) is 0 Å². The fourth-order valence-corrected chi connectivity index (χ4v) is 3.37. The molecule has 1 aromatic rings. The molecule has 35 heavy (non-hydrogen) atoms. The van der Waals surface area contributed by atoms with Crippen LogP contribution in [0.15, 0.2) is 17.1 Å². The van der Waals surface area contributed by atoms with E-state index in [0.29, 0.717) is 11.1 Å². The average molecular weight is 527 g/mol. The second-order valence-corrected chi connectivity index (χ2v) is 10.1. The molecule has 0 amide bonds. The van der Waals surface area contributed by atoms with E-state index in [0.717, 1.165) is 12.3 Å². The molecule has 0 spiro atoms. The van der Waals surface area contributed by atoms with Gasteiger partial charge in [0, 0.05) is 18.3 Å². The fourth-order valence-electron chi connectivity index (χ4n) is 3.03. The summed E-state index contributed by atoms with van der Waals surface area (Å²) in [5, 5.41) is 12.9. The van der Waals surface area contributed by atoms with Crippen molar-refractivity contribution in [3.63, 3.8) is 0 Å². The van der Waals surface area contributed by atoms with Crippen LogP contribution >= 0.6 is 7.82 Å². The number of ketones is 1. The standard InChI is InChI=1S/C19H28F2N3O10P/c1-18(2,3)22-6-4-14(26)32-9-12(25)8-11-5-7-24(17(28)23-11)16-19(20,21)15(27)13(34-16)10-33-35(29,30)31/h5,7,13,15-16,22,27H,4,6,8-10H2,1-3H3,(H2,29,30,31)/t13-,15-,16-/m1/s1. The molecule has 0 aromatic carbocycles. The Morgan fingerprint density at radius 2 is 2.00 bits per heavy atom. The molecule has 2 heterocycles. The van der Waals surface area contributed by atoms with Gasteiger partial charge < -0.3 is 29.7 Å². The number of phosphoric acid groups is 1. The zero-order chi connectivity index (χ0) is 26.6. The van der Waals surface area contributed by atoms with Crippen molar-refractivity contribution in [3.05, 3.63) is 28.4 Å². The van der Waals surface area contributed by atoms with E-state index < -0.39 is 69.3 Å². The van der Waals surface area contributed by atoms with Gasteiger partial charge in [0.05, 0.1) is 25.1 Å². The number of carbonyl (C=O) groups excluding carboxylic acids is 2. The highest BCUT2D eigenvalue weighted by atomic mass is 31.2. The molecule has 0 radical (unpaired) electrons. The molecule has 1 saturated heterocycles. The van der Waals surface area contributed by atoms with E-state index in [9.17, 15) is 32.8 Å². The number of ether oxygens (including phenoxy) is 2. The number of hydrogen-bond donors (Lipinski definition) is 4. The number of nitrogens with zero attached hydrogens (tertiary/aromatic N) is 2. The molecule has 4 N–H and O–H groups in total. The number of nitrogens with one attached hydrogen (secondary N) is 1. The summed E-state index contributed by atoms with van der Waals surface area (Å²) in [5.41, 5.74) is -1.50. The SMILES string of the molecule is CC(C)(C)NCCC(=O)OCC(=O)Cc1ccn([C@@H]2O[C@H](COP(=O)(O)O)[C@@H](O)C2(F)F)c(=O)n1. The normalized spacial score (nSPS) is 22.2. The van der Waals surface area contributed by atoms with Crippen LogP contribution in [0.25, 0.3) is 0 Å². The number of rotatable bonds is 11. The van der Waals surface area contributed by atoms with E-state index in [1.165, 1.54) is 0 Å². The highest BCUT2D eigenvalue weighted by Gasteiger charge is 2.60. The molecular formula is C19H28F2N3O10P. The van der Waals surface area contributed by atoms with Gasteiger partial charge in [0.1, 0.15) is 12.7 Å². The van der Waals surface area contributed by atoms with Gasteiger partial charge in [-0.05, 0) is 26.8 Å². The highest BCUT2D eigenvalue weighted by molar-refractivity contribution is 7.46. The van der Waals surface area contributed by atoms with Crippen LogP contribution in [-0.4, -0.2) is 79.6 Å². The molecule has 198 valence electrons. The summed E-state index contributed by atoms with van der Waals surface area (Å²) in [6.07, 6.45) is -6.20. The second kappa shape index (κ2) is 11.3. The number of carbonyl (C=O) groups is 2. The van der Waals surface area contributed by atoms with E-state index >= 15 is 0 Å². The van der Waals surface area contributed by atoms with E-state index in [-0.39, 0.29) is 17.7 Å². The van der Waals surface area contributed by atoms with Crippen molar-refractivity contribution in [2.75, 3.05) is 19.8 Å². The first-order valence-electron chi connectivity index (χ1n) is 10.4. The lowest BCUT2D eigenvalue weighted by Crippen LogP contribution is -2.42. The predicted molar refractivity (Wildman–Crippen MR) is 113 cm³/mol. The Hall–Kier alpha value is -2.13. The third-order valence-corrected chi connectivity index (χ3v) is 5.17. The Balaban J connectivity index is 1.96. The van der Waals surface area contributed by atoms with Crippen molar-refractivity contribution < 1.29 is 51.8 Å². The number of hydrogen-bond acceptors (Lipinski definition) is 10. The summed E-state index contributed by atoms with van der Waals surface area (Å²) in [6.45, 7) is 4.50. The van der Waals surface area contributed by atoms with Crippen LogP contribution < -0.4 is 11.0 Å². The summed E-state index contributed by atoms with van der Waals surface area (Å²) in [5.74, 6) is -5.21. The molecule has 1 aromatic heterocycles. The minimum Gasteiger partial charge on any atom is -0.458 e. The summed E-state index contributed by atoms with van der Waals surface area (Å²) in [6, 6.07) is 1.10. The van der Waals surface area contributed by atoms with Gasteiger partial charge in [-0.15, -0.1) is 0 Å². The Kier molecular flexibility index (Phi) is 9.39. The molecule has 2 rings (SSSR count). The maximum Gasteiger partial charge on any atom is 0.469 e. The monoisotopic (exact) mass is 527 g/mol. The first kappa shape index (κ1) is 29.1. The van der Waals surface area contributed by atoms with E-state index in [4.69, 9.17) is 19.3 Å². The van der Waals surface area contributed by atoms with Gasteiger partial charge in [0.2, 0.25) is 6.23 Å². The van der Waals surface area contributed by atoms with Crippen LogP contribution in [-0.2, 0) is 34.6 Å². The first-order valence-corrected chi connectivity index (χ1v) is 11.9. The number of aliphatic hydroxyl groups excluding tert-OH is 1. The zero-order valence-corrected chi connectivity index (χ0v) is 20.1. The van der Waals surface area contributed by atoms with Gasteiger partial charge in [0.25, 0.3) is 0 Å². The predicted octanol–water partition coefficient (Wildman–Crippen LogP) is -0.321. The number of aliphatic hydroxyl groups is 1. The molecule has 3 atom stereocenters. The van der Waals surface area contributed by atoms with E-state index in [1.807, 2.05) is 20.8 Å². The molecule has 1 aliphatic rings. The van der Waals surface area contributed by atoms with Crippen LogP contribution in [0.2, 0.25) is 0 Å². The largest absolute Gasteiger partial charge is 0.469 e. The van der Waals surface area contributed by atoms with Gasteiger partial charge >= 0.3 is 25.4 Å². The number of phosphoric ester groups is 1. The van der Waals surface area contributed by atoms with Gasteiger partial charge in [-0.1, -0.05) is 0 Å². The number of aromatic nitrogens is 2. The summed E-state index contributed by atoms with van der Waals surface area (Å²) < 4.78 is 54.0. The minimum atomic E-state index is -5.02. The lowest BCUT2D eigenvalue weighted by atomic mass is 10.1. The van der Waals surface area contributed by atoms with Crippen molar-refractivity contribution in [2.24, 2.45) is 0 Å². The van der Waals surface area contributed by atoms with Gasteiger partial charge in [-0.25, -0.2) is 9.36 Å². The number of alkyl halides is 2. The third kappa shape index (κ3) is 8.79. The molecular weight excluding hydrogens is 499 g/mol. The van der Waals surface area contributed by atoms with Gasteiger partial charge in [-0.3, -0.25) is 18.7 Å². The van der Waals surface area contributed by atoms with Gasteiger partial charge in [-0.2, -0.15) is 13.8 Å². The molecule has 1 fully saturated rings. The topological polar surface area (TPSA) is 187 Å². The van der Waals surface area contributed by atoms with E-state index in [2.05, 4.69) is 14.8 Å². The summed E-state index contributed by atoms with van der Waals surface area (Å²) in [4.78, 5) is 57.0. The van der Waals surface area contributed by atoms with Crippen LogP contribution in [0.4, 0.5) is 8.78 Å². The average Bonchev–Trinajstić information content (AvgIpc) is 2.93.